The van der Waals surface area contributed by atoms with Crippen molar-refractivity contribution in [3.05, 3.63) is 28.3 Å². The Bertz CT molecular complexity index is 653. The van der Waals surface area contributed by atoms with E-state index in [1.807, 2.05) is 11.8 Å². The molecule has 1 aliphatic rings. The summed E-state index contributed by atoms with van der Waals surface area (Å²) in [5, 5.41) is 11.3. The van der Waals surface area contributed by atoms with E-state index in [4.69, 9.17) is 4.74 Å². The minimum atomic E-state index is -3.48. The summed E-state index contributed by atoms with van der Waals surface area (Å²) in [5.74, 6) is 0. The van der Waals surface area contributed by atoms with Crippen LogP contribution in [0.2, 0.25) is 0 Å². The molecule has 0 aliphatic carbocycles. The molecule has 1 heterocycles. The normalized spacial score (nSPS) is 18.4. The Balaban J connectivity index is 2.36. The lowest BCUT2D eigenvalue weighted by Crippen LogP contribution is -2.32. The number of anilines is 1. The molecule has 1 atom stereocenters. The van der Waals surface area contributed by atoms with Crippen molar-refractivity contribution in [3.8, 4) is 0 Å². The van der Waals surface area contributed by atoms with Crippen molar-refractivity contribution in [1.82, 2.24) is 0 Å². The minimum absolute atomic E-state index is 0.0453. The Labute approximate surface area is 129 Å². The molecule has 2 rings (SSSR count). The lowest BCUT2D eigenvalue weighted by Gasteiger charge is -2.25. The number of hydrogen-bond acceptors (Lipinski definition) is 6. The number of nitro groups is 1. The number of nitro benzene ring substituents is 1. The molecule has 1 fully saturated rings. The summed E-state index contributed by atoms with van der Waals surface area (Å²) in [6, 6.07) is 4.05. The molecule has 122 valence electrons. The number of benzene rings is 1. The lowest BCUT2D eigenvalue weighted by molar-refractivity contribution is -0.384. The van der Waals surface area contributed by atoms with E-state index in [9.17, 15) is 18.5 Å². The average molecular weight is 328 g/mol. The number of rotatable bonds is 6. The first-order valence-electron chi connectivity index (χ1n) is 7.18. The van der Waals surface area contributed by atoms with Crippen molar-refractivity contribution >= 4 is 21.2 Å². The smallest absolute Gasteiger partial charge is 0.293 e. The molecule has 0 bridgehead atoms. The summed E-state index contributed by atoms with van der Waals surface area (Å²) in [5.41, 5.74) is 0.234. The second kappa shape index (κ2) is 6.62. The van der Waals surface area contributed by atoms with E-state index in [-0.39, 0.29) is 16.7 Å². The molecule has 1 aliphatic heterocycles. The molecule has 0 saturated carbocycles. The molecule has 1 aromatic carbocycles. The van der Waals surface area contributed by atoms with Crippen molar-refractivity contribution in [3.63, 3.8) is 0 Å². The van der Waals surface area contributed by atoms with Gasteiger partial charge < -0.3 is 9.64 Å². The number of sulfone groups is 1. The first-order valence-corrected chi connectivity index (χ1v) is 9.07. The van der Waals surface area contributed by atoms with E-state index < -0.39 is 14.8 Å². The average Bonchev–Trinajstić information content (AvgIpc) is 2.96. The van der Waals surface area contributed by atoms with Crippen LogP contribution in [0.4, 0.5) is 11.4 Å². The van der Waals surface area contributed by atoms with Crippen molar-refractivity contribution in [2.75, 3.05) is 30.9 Å². The standard InChI is InChI=1S/C14H20N2O5S/c1-3-15(10-11-5-4-8-21-11)13-7-6-12(22(2,19)20)9-14(13)16(17)18/h6-7,9,11H,3-5,8,10H2,1-2H3. The van der Waals surface area contributed by atoms with E-state index in [1.165, 1.54) is 12.1 Å². The van der Waals surface area contributed by atoms with Crippen molar-refractivity contribution in [2.45, 2.75) is 30.8 Å². The SMILES string of the molecule is CCN(CC1CCCO1)c1ccc(S(C)(=O)=O)cc1[N+](=O)[O-]. The fourth-order valence-corrected chi connectivity index (χ4v) is 3.22. The summed E-state index contributed by atoms with van der Waals surface area (Å²) in [6.07, 6.45) is 3.03. The number of likely N-dealkylation sites (N-methyl/N-ethyl adjacent to an activating group) is 1. The summed E-state index contributed by atoms with van der Waals surface area (Å²) >= 11 is 0. The van der Waals surface area contributed by atoms with Crippen LogP contribution in [0, 0.1) is 10.1 Å². The fourth-order valence-electron chi connectivity index (χ4n) is 2.58. The molecule has 0 aromatic heterocycles. The fraction of sp³-hybridized carbons (Fsp3) is 0.571. The molecule has 1 aromatic rings. The third kappa shape index (κ3) is 3.75. The van der Waals surface area contributed by atoms with E-state index in [0.717, 1.165) is 31.8 Å². The zero-order valence-electron chi connectivity index (χ0n) is 12.7. The Morgan fingerprint density at radius 2 is 2.18 bits per heavy atom. The van der Waals surface area contributed by atoms with Crippen LogP contribution < -0.4 is 4.90 Å². The van der Waals surface area contributed by atoms with Crippen molar-refractivity contribution in [1.29, 1.82) is 0 Å². The van der Waals surface area contributed by atoms with Gasteiger partial charge in [0.15, 0.2) is 9.84 Å². The predicted octanol–water partition coefficient (Wildman–Crippen LogP) is 2.00. The van der Waals surface area contributed by atoms with Crippen LogP contribution in [0.1, 0.15) is 19.8 Å². The monoisotopic (exact) mass is 328 g/mol. The molecular weight excluding hydrogens is 308 g/mol. The number of nitrogens with zero attached hydrogens (tertiary/aromatic N) is 2. The van der Waals surface area contributed by atoms with Crippen LogP contribution >= 0.6 is 0 Å². The Hall–Kier alpha value is -1.67. The first kappa shape index (κ1) is 16.7. The van der Waals surface area contributed by atoms with Crippen LogP contribution in [-0.4, -0.2) is 45.4 Å². The molecule has 1 saturated heterocycles. The maximum Gasteiger partial charge on any atom is 0.293 e. The minimum Gasteiger partial charge on any atom is -0.376 e. The molecule has 0 N–H and O–H groups in total. The molecular formula is C14H20N2O5S. The third-order valence-corrected chi connectivity index (χ3v) is 4.85. The van der Waals surface area contributed by atoms with Crippen LogP contribution in [0.5, 0.6) is 0 Å². The van der Waals surface area contributed by atoms with Gasteiger partial charge in [-0.3, -0.25) is 10.1 Å². The zero-order chi connectivity index (χ0) is 16.3. The van der Waals surface area contributed by atoms with Gasteiger partial charge in [0.05, 0.1) is 15.9 Å². The van der Waals surface area contributed by atoms with Gasteiger partial charge in [-0.05, 0) is 31.9 Å². The Morgan fingerprint density at radius 1 is 1.45 bits per heavy atom. The highest BCUT2D eigenvalue weighted by atomic mass is 32.2. The Kier molecular flexibility index (Phi) is 5.02. The van der Waals surface area contributed by atoms with Crippen LogP contribution in [0.25, 0.3) is 0 Å². The maximum absolute atomic E-state index is 11.6. The van der Waals surface area contributed by atoms with Gasteiger partial charge in [0.2, 0.25) is 0 Å². The summed E-state index contributed by atoms with van der Waals surface area (Å²) in [7, 11) is -3.48. The highest BCUT2D eigenvalue weighted by Gasteiger charge is 2.25. The van der Waals surface area contributed by atoms with Gasteiger partial charge in [0.25, 0.3) is 5.69 Å². The molecule has 1 unspecified atom stereocenters. The van der Waals surface area contributed by atoms with Crippen molar-refractivity contribution < 1.29 is 18.1 Å². The van der Waals surface area contributed by atoms with E-state index >= 15 is 0 Å². The van der Waals surface area contributed by atoms with Gasteiger partial charge in [-0.2, -0.15) is 0 Å². The van der Waals surface area contributed by atoms with Gasteiger partial charge in [0, 0.05) is 32.0 Å². The first-order chi connectivity index (χ1) is 10.3. The number of ether oxygens (including phenoxy) is 1. The molecule has 0 amide bonds. The second-order valence-electron chi connectivity index (χ2n) is 5.35. The van der Waals surface area contributed by atoms with E-state index in [2.05, 4.69) is 0 Å². The topological polar surface area (TPSA) is 89.8 Å². The van der Waals surface area contributed by atoms with Crippen LogP contribution in [0.15, 0.2) is 23.1 Å². The second-order valence-corrected chi connectivity index (χ2v) is 7.37. The third-order valence-electron chi connectivity index (χ3n) is 3.74. The van der Waals surface area contributed by atoms with E-state index in [1.54, 1.807) is 0 Å². The van der Waals surface area contributed by atoms with Gasteiger partial charge in [-0.25, -0.2) is 8.42 Å². The molecule has 0 spiro atoms. The molecule has 8 heteroatoms. The van der Waals surface area contributed by atoms with Crippen molar-refractivity contribution in [2.24, 2.45) is 0 Å². The number of hydrogen-bond donors (Lipinski definition) is 0. The molecule has 22 heavy (non-hydrogen) atoms. The zero-order valence-corrected chi connectivity index (χ0v) is 13.5. The highest BCUT2D eigenvalue weighted by Crippen LogP contribution is 2.31. The van der Waals surface area contributed by atoms with Gasteiger partial charge >= 0.3 is 0 Å². The van der Waals surface area contributed by atoms with Crippen LogP contribution in [-0.2, 0) is 14.6 Å². The molecule has 0 radical (unpaired) electrons. The summed E-state index contributed by atoms with van der Waals surface area (Å²) in [4.78, 5) is 12.6. The summed E-state index contributed by atoms with van der Waals surface area (Å²) in [6.45, 7) is 3.77. The van der Waals surface area contributed by atoms with E-state index in [0.29, 0.717) is 18.8 Å². The Morgan fingerprint density at radius 3 is 2.68 bits per heavy atom. The van der Waals surface area contributed by atoms with Gasteiger partial charge in [-0.15, -0.1) is 0 Å². The van der Waals surface area contributed by atoms with Crippen LogP contribution in [0.3, 0.4) is 0 Å². The predicted molar refractivity (Wildman–Crippen MR) is 83.1 cm³/mol. The van der Waals surface area contributed by atoms with Gasteiger partial charge in [0.1, 0.15) is 5.69 Å². The van der Waals surface area contributed by atoms with Gasteiger partial charge in [-0.1, -0.05) is 0 Å². The largest absolute Gasteiger partial charge is 0.376 e. The molecule has 7 nitrogen and oxygen atoms in total. The quantitative estimate of drug-likeness (QED) is 0.586. The maximum atomic E-state index is 11.6. The lowest BCUT2D eigenvalue weighted by atomic mass is 10.2. The highest BCUT2D eigenvalue weighted by molar-refractivity contribution is 7.90. The summed E-state index contributed by atoms with van der Waals surface area (Å²) < 4.78 is 28.7.